The highest BCUT2D eigenvalue weighted by Crippen LogP contribution is 2.27. The minimum atomic E-state index is -1.02. The topological polar surface area (TPSA) is 152 Å². The van der Waals surface area contributed by atoms with Gasteiger partial charge in [-0.05, 0) is 19.8 Å². The normalized spacial score (nSPS) is 24.4. The maximum Gasteiger partial charge on any atom is 0.305 e. The standard InChI is InChI=1S/C17H26N4O8/c1-11-15(24)14-16(19(2)17(11)25)18-10-20(14)8-12(22)9-28-13(23)6-4-3-5-7-29-21(26)27/h10-12,14,16,22H,3-9H2,1-2H3. The van der Waals surface area contributed by atoms with Crippen LogP contribution in [0.2, 0.25) is 0 Å². The second-order valence-corrected chi connectivity index (χ2v) is 7.10. The number of nitrogens with zero attached hydrogens (tertiary/aromatic N) is 4. The molecule has 162 valence electrons. The molecule has 4 unspecified atom stereocenters. The van der Waals surface area contributed by atoms with Crippen molar-refractivity contribution in [3.63, 3.8) is 0 Å². The highest BCUT2D eigenvalue weighted by molar-refractivity contribution is 6.07. The molecule has 2 aliphatic heterocycles. The summed E-state index contributed by atoms with van der Waals surface area (Å²) in [5.41, 5.74) is 0. The fourth-order valence-corrected chi connectivity index (χ4v) is 3.32. The Morgan fingerprint density at radius 2 is 2.10 bits per heavy atom. The Morgan fingerprint density at radius 3 is 2.79 bits per heavy atom. The predicted molar refractivity (Wildman–Crippen MR) is 98.1 cm³/mol. The summed E-state index contributed by atoms with van der Waals surface area (Å²) >= 11 is 0. The molecular formula is C17H26N4O8. The van der Waals surface area contributed by atoms with E-state index in [1.807, 2.05) is 0 Å². The van der Waals surface area contributed by atoms with Crippen molar-refractivity contribution in [1.29, 1.82) is 0 Å². The van der Waals surface area contributed by atoms with Crippen LogP contribution < -0.4 is 0 Å². The highest BCUT2D eigenvalue weighted by Gasteiger charge is 2.49. The number of piperidine rings is 1. The fraction of sp³-hybridized carbons (Fsp3) is 0.765. The van der Waals surface area contributed by atoms with Gasteiger partial charge < -0.3 is 24.5 Å². The van der Waals surface area contributed by atoms with Crippen LogP contribution in [-0.2, 0) is 24.0 Å². The second-order valence-electron chi connectivity index (χ2n) is 7.10. The third-order valence-electron chi connectivity index (χ3n) is 4.92. The zero-order chi connectivity index (χ0) is 21.6. The number of hydrogen-bond acceptors (Lipinski definition) is 10. The Balaban J connectivity index is 1.69. The number of Topliss-reactive ketones (excluding diaryl/α,β-unsaturated/α-hetero) is 1. The number of carbonyl (C=O) groups excluding carboxylic acids is 3. The molecular weight excluding hydrogens is 388 g/mol. The zero-order valence-corrected chi connectivity index (χ0v) is 16.4. The summed E-state index contributed by atoms with van der Waals surface area (Å²) in [5.74, 6) is -1.79. The van der Waals surface area contributed by atoms with Crippen molar-refractivity contribution < 1.29 is 34.2 Å². The molecule has 1 fully saturated rings. The molecule has 1 amide bonds. The molecule has 0 aliphatic carbocycles. The minimum absolute atomic E-state index is 0.0154. The van der Waals surface area contributed by atoms with Crippen molar-refractivity contribution in [1.82, 2.24) is 9.80 Å². The number of ether oxygens (including phenoxy) is 1. The Kier molecular flexibility index (Phi) is 7.88. The molecule has 0 aromatic carbocycles. The quantitative estimate of drug-likeness (QED) is 0.153. The number of likely N-dealkylation sites (N-methyl/N-ethyl adjacent to an activating group) is 1. The lowest BCUT2D eigenvalue weighted by Gasteiger charge is -2.38. The van der Waals surface area contributed by atoms with Gasteiger partial charge in [-0.25, -0.2) is 4.99 Å². The molecule has 0 radical (unpaired) electrons. The summed E-state index contributed by atoms with van der Waals surface area (Å²) in [5, 5.41) is 19.3. The van der Waals surface area contributed by atoms with Gasteiger partial charge in [-0.1, -0.05) is 6.42 Å². The number of ketones is 1. The molecule has 29 heavy (non-hydrogen) atoms. The van der Waals surface area contributed by atoms with Crippen LogP contribution in [0.1, 0.15) is 32.6 Å². The van der Waals surface area contributed by atoms with E-state index in [9.17, 15) is 29.6 Å². The largest absolute Gasteiger partial charge is 0.463 e. The number of rotatable bonds is 11. The molecule has 2 aliphatic rings. The fourth-order valence-electron chi connectivity index (χ4n) is 3.32. The number of amides is 1. The maximum atomic E-state index is 12.5. The van der Waals surface area contributed by atoms with Crippen LogP contribution in [-0.4, -0.2) is 89.1 Å². The first kappa shape index (κ1) is 22.5. The predicted octanol–water partition coefficient (Wildman–Crippen LogP) is -0.625. The molecule has 4 atom stereocenters. The first-order valence-corrected chi connectivity index (χ1v) is 9.42. The molecule has 12 heteroatoms. The van der Waals surface area contributed by atoms with E-state index < -0.39 is 35.3 Å². The molecule has 2 rings (SSSR count). The number of carbonyl (C=O) groups is 3. The molecule has 12 nitrogen and oxygen atoms in total. The maximum absolute atomic E-state index is 12.5. The monoisotopic (exact) mass is 414 g/mol. The Labute approximate surface area is 167 Å². The first-order valence-electron chi connectivity index (χ1n) is 9.42. The van der Waals surface area contributed by atoms with Gasteiger partial charge in [0.2, 0.25) is 5.91 Å². The van der Waals surface area contributed by atoms with Crippen LogP contribution >= 0.6 is 0 Å². The zero-order valence-electron chi connectivity index (χ0n) is 16.4. The van der Waals surface area contributed by atoms with Gasteiger partial charge in [0.05, 0.1) is 18.9 Å². The summed E-state index contributed by atoms with van der Waals surface area (Å²) in [6.45, 7) is 1.34. The molecule has 0 aromatic rings. The van der Waals surface area contributed by atoms with E-state index in [0.717, 1.165) is 0 Å². The molecule has 0 saturated carbocycles. The summed E-state index contributed by atoms with van der Waals surface area (Å²) in [7, 11) is 1.59. The number of β-amino-alcohol motifs (C(OH)–C–C–N with tert-alkyl or cyclic N) is 1. The van der Waals surface area contributed by atoms with Crippen molar-refractivity contribution in [2.24, 2.45) is 10.9 Å². The van der Waals surface area contributed by atoms with Crippen LogP contribution in [0.4, 0.5) is 0 Å². The SMILES string of the molecule is CC1C(=O)C2C(N=CN2CC(O)COC(=O)CCCCCO[N+](=O)[O-])N(C)C1=O. The van der Waals surface area contributed by atoms with Gasteiger partial charge in [-0.15, -0.1) is 10.1 Å². The van der Waals surface area contributed by atoms with E-state index in [1.54, 1.807) is 18.9 Å². The van der Waals surface area contributed by atoms with Crippen LogP contribution in [0.25, 0.3) is 0 Å². The van der Waals surface area contributed by atoms with Gasteiger partial charge >= 0.3 is 5.97 Å². The van der Waals surface area contributed by atoms with Gasteiger partial charge in [-0.2, -0.15) is 0 Å². The van der Waals surface area contributed by atoms with Gasteiger partial charge in [0.15, 0.2) is 11.9 Å². The highest BCUT2D eigenvalue weighted by atomic mass is 16.9. The average molecular weight is 414 g/mol. The van der Waals surface area contributed by atoms with E-state index in [1.165, 1.54) is 11.2 Å². The summed E-state index contributed by atoms with van der Waals surface area (Å²) in [6.07, 6.45) is 1.45. The lowest BCUT2D eigenvalue weighted by atomic mass is 9.91. The number of hydrogen-bond donors (Lipinski definition) is 1. The lowest BCUT2D eigenvalue weighted by molar-refractivity contribution is -0.757. The van der Waals surface area contributed by atoms with Crippen molar-refractivity contribution in [3.8, 4) is 0 Å². The molecule has 1 N–H and O–H groups in total. The molecule has 1 saturated heterocycles. The van der Waals surface area contributed by atoms with Crippen LogP contribution in [0.3, 0.4) is 0 Å². The van der Waals surface area contributed by atoms with Crippen LogP contribution in [0.15, 0.2) is 4.99 Å². The number of unbranched alkanes of at least 4 members (excludes halogenated alkanes) is 2. The van der Waals surface area contributed by atoms with Crippen molar-refractivity contribution >= 4 is 24.0 Å². The number of likely N-dealkylation sites (tertiary alicyclic amines) is 1. The second kappa shape index (κ2) is 10.1. The number of aliphatic hydroxyl groups excluding tert-OH is 1. The minimum Gasteiger partial charge on any atom is -0.463 e. The van der Waals surface area contributed by atoms with E-state index in [0.29, 0.717) is 19.3 Å². The number of aliphatic hydroxyl groups is 1. The van der Waals surface area contributed by atoms with E-state index >= 15 is 0 Å². The van der Waals surface area contributed by atoms with Gasteiger partial charge in [0, 0.05) is 20.0 Å². The average Bonchev–Trinajstić information content (AvgIpc) is 3.09. The summed E-state index contributed by atoms with van der Waals surface area (Å²) < 4.78 is 5.03. The van der Waals surface area contributed by atoms with E-state index in [-0.39, 0.29) is 37.9 Å². The number of aliphatic imine (C=N–C) groups is 1. The van der Waals surface area contributed by atoms with Gasteiger partial charge in [0.1, 0.15) is 18.8 Å². The summed E-state index contributed by atoms with van der Waals surface area (Å²) in [6, 6.07) is -0.653. The molecule has 0 aromatic heterocycles. The molecule has 2 heterocycles. The van der Waals surface area contributed by atoms with Gasteiger partial charge in [-0.3, -0.25) is 14.4 Å². The third-order valence-corrected chi connectivity index (χ3v) is 4.92. The molecule has 0 bridgehead atoms. The third kappa shape index (κ3) is 5.86. The Morgan fingerprint density at radius 1 is 1.38 bits per heavy atom. The number of esters is 1. The lowest BCUT2D eigenvalue weighted by Crippen LogP contribution is -2.60. The Hall–Kier alpha value is -2.76. The van der Waals surface area contributed by atoms with Crippen molar-refractivity contribution in [3.05, 3.63) is 10.1 Å². The van der Waals surface area contributed by atoms with Crippen molar-refractivity contribution in [2.45, 2.75) is 50.9 Å². The van der Waals surface area contributed by atoms with Crippen LogP contribution in [0.5, 0.6) is 0 Å². The van der Waals surface area contributed by atoms with Crippen LogP contribution in [0, 0.1) is 16.0 Å². The Bertz CT molecular complexity index is 670. The van der Waals surface area contributed by atoms with Gasteiger partial charge in [0.25, 0.3) is 5.09 Å². The van der Waals surface area contributed by atoms with E-state index in [4.69, 9.17) is 4.74 Å². The smallest absolute Gasteiger partial charge is 0.305 e. The first-order chi connectivity index (χ1) is 13.7. The molecule has 0 spiro atoms. The van der Waals surface area contributed by atoms with Crippen molar-refractivity contribution in [2.75, 3.05) is 26.8 Å². The number of fused-ring (bicyclic) bond motifs is 1. The van der Waals surface area contributed by atoms with E-state index in [2.05, 4.69) is 9.83 Å². The summed E-state index contributed by atoms with van der Waals surface area (Å²) in [4.78, 5) is 57.6.